The van der Waals surface area contributed by atoms with Crippen LogP contribution >= 0.6 is 15.9 Å². The monoisotopic (exact) mass is 329 g/mol. The van der Waals surface area contributed by atoms with E-state index < -0.39 is 5.54 Å². The zero-order chi connectivity index (χ0) is 14.5. The van der Waals surface area contributed by atoms with E-state index in [9.17, 15) is 4.79 Å². The Labute approximate surface area is 122 Å². The number of benzene rings is 1. The minimum atomic E-state index is -0.706. The van der Waals surface area contributed by atoms with Gasteiger partial charge in [-0.25, -0.2) is 0 Å². The van der Waals surface area contributed by atoms with Crippen LogP contribution in [0.4, 0.5) is 0 Å². The fourth-order valence-corrected chi connectivity index (χ4v) is 2.11. The number of methoxy groups -OCH3 is 1. The van der Waals surface area contributed by atoms with Crippen LogP contribution in [0.5, 0.6) is 5.75 Å². The number of carbonyl (C=O) groups excluding carboxylic acids is 1. The van der Waals surface area contributed by atoms with Gasteiger partial charge in [-0.15, -0.1) is 0 Å². The van der Waals surface area contributed by atoms with Crippen molar-refractivity contribution < 1.29 is 14.3 Å². The lowest BCUT2D eigenvalue weighted by atomic mass is 10.1. The highest BCUT2D eigenvalue weighted by Crippen LogP contribution is 2.25. The molecule has 0 spiro atoms. The highest BCUT2D eigenvalue weighted by molar-refractivity contribution is 9.10. The van der Waals surface area contributed by atoms with Gasteiger partial charge in [0.1, 0.15) is 11.3 Å². The molecule has 0 saturated carbocycles. The fourth-order valence-electron chi connectivity index (χ4n) is 1.53. The van der Waals surface area contributed by atoms with Crippen LogP contribution in [0.3, 0.4) is 0 Å². The molecule has 0 aliphatic carbocycles. The summed E-state index contributed by atoms with van der Waals surface area (Å²) < 4.78 is 11.1. The maximum absolute atomic E-state index is 11.7. The summed E-state index contributed by atoms with van der Waals surface area (Å²) in [5, 5.41) is 3.19. The lowest BCUT2D eigenvalue weighted by molar-refractivity contribution is -0.149. The standard InChI is InChI=1S/C14H20BrNO3/c1-5-19-13(17)14(2,3)16-9-10-6-7-12(18-4)11(15)8-10/h6-8,16H,5,9H2,1-4H3. The van der Waals surface area contributed by atoms with Gasteiger partial charge in [0.15, 0.2) is 0 Å². The van der Waals surface area contributed by atoms with E-state index in [1.54, 1.807) is 14.0 Å². The average molecular weight is 330 g/mol. The summed E-state index contributed by atoms with van der Waals surface area (Å²) >= 11 is 3.44. The zero-order valence-corrected chi connectivity index (χ0v) is 13.3. The van der Waals surface area contributed by atoms with Crippen molar-refractivity contribution in [3.63, 3.8) is 0 Å². The molecule has 0 saturated heterocycles. The topological polar surface area (TPSA) is 47.6 Å². The number of hydrogen-bond donors (Lipinski definition) is 1. The van der Waals surface area contributed by atoms with Gasteiger partial charge in [-0.1, -0.05) is 6.07 Å². The first-order valence-corrected chi connectivity index (χ1v) is 6.94. The fraction of sp³-hybridized carbons (Fsp3) is 0.500. The molecule has 0 radical (unpaired) electrons. The van der Waals surface area contributed by atoms with Gasteiger partial charge in [0.2, 0.25) is 0 Å². The molecule has 1 aromatic rings. The summed E-state index contributed by atoms with van der Waals surface area (Å²) in [6, 6.07) is 5.81. The Morgan fingerprint density at radius 3 is 2.63 bits per heavy atom. The van der Waals surface area contributed by atoms with E-state index in [1.165, 1.54) is 0 Å². The van der Waals surface area contributed by atoms with Gasteiger partial charge in [-0.2, -0.15) is 0 Å². The first-order chi connectivity index (χ1) is 8.90. The van der Waals surface area contributed by atoms with E-state index in [0.717, 1.165) is 15.8 Å². The van der Waals surface area contributed by atoms with E-state index in [-0.39, 0.29) is 5.97 Å². The van der Waals surface area contributed by atoms with Gasteiger partial charge in [-0.3, -0.25) is 10.1 Å². The van der Waals surface area contributed by atoms with Gasteiger partial charge in [0, 0.05) is 6.54 Å². The van der Waals surface area contributed by atoms with E-state index in [4.69, 9.17) is 9.47 Å². The van der Waals surface area contributed by atoms with Gasteiger partial charge < -0.3 is 9.47 Å². The first-order valence-electron chi connectivity index (χ1n) is 6.15. The summed E-state index contributed by atoms with van der Waals surface area (Å²) in [5.41, 5.74) is 0.354. The van der Waals surface area contributed by atoms with Crippen LogP contribution in [0.1, 0.15) is 26.3 Å². The van der Waals surface area contributed by atoms with Crippen LogP contribution in [-0.4, -0.2) is 25.2 Å². The van der Waals surface area contributed by atoms with Crippen molar-refractivity contribution in [1.29, 1.82) is 0 Å². The molecule has 0 bridgehead atoms. The van der Waals surface area contributed by atoms with E-state index >= 15 is 0 Å². The smallest absolute Gasteiger partial charge is 0.325 e. The Morgan fingerprint density at radius 2 is 2.11 bits per heavy atom. The Bertz CT molecular complexity index is 446. The van der Waals surface area contributed by atoms with E-state index in [0.29, 0.717) is 13.2 Å². The lowest BCUT2D eigenvalue weighted by Crippen LogP contribution is -2.47. The quantitative estimate of drug-likeness (QED) is 0.815. The summed E-state index contributed by atoms with van der Waals surface area (Å²) in [4.78, 5) is 11.7. The molecule has 0 atom stereocenters. The molecule has 0 fully saturated rings. The molecule has 0 aliphatic rings. The molecular weight excluding hydrogens is 310 g/mol. The minimum absolute atomic E-state index is 0.248. The second-order valence-electron chi connectivity index (χ2n) is 4.67. The van der Waals surface area contributed by atoms with Crippen LogP contribution in [0, 0.1) is 0 Å². The minimum Gasteiger partial charge on any atom is -0.496 e. The van der Waals surface area contributed by atoms with Crippen LogP contribution in [0.15, 0.2) is 22.7 Å². The number of hydrogen-bond acceptors (Lipinski definition) is 4. The maximum Gasteiger partial charge on any atom is 0.325 e. The molecular formula is C14H20BrNO3. The van der Waals surface area contributed by atoms with E-state index in [2.05, 4.69) is 21.2 Å². The Morgan fingerprint density at radius 1 is 1.42 bits per heavy atom. The van der Waals surface area contributed by atoms with Gasteiger partial charge in [0.05, 0.1) is 18.2 Å². The zero-order valence-electron chi connectivity index (χ0n) is 11.7. The van der Waals surface area contributed by atoms with Crippen molar-refractivity contribution in [2.75, 3.05) is 13.7 Å². The Kier molecular flexibility index (Phi) is 5.82. The average Bonchev–Trinajstić information content (AvgIpc) is 2.37. The Hall–Kier alpha value is -1.07. The van der Waals surface area contributed by atoms with Crippen molar-refractivity contribution in [3.8, 4) is 5.75 Å². The molecule has 4 nitrogen and oxygen atoms in total. The molecule has 19 heavy (non-hydrogen) atoms. The van der Waals surface area contributed by atoms with E-state index in [1.807, 2.05) is 32.0 Å². The maximum atomic E-state index is 11.7. The number of esters is 1. The molecule has 106 valence electrons. The third kappa shape index (κ3) is 4.51. The number of carbonyl (C=O) groups is 1. The van der Waals surface area contributed by atoms with Crippen LogP contribution in [0.2, 0.25) is 0 Å². The lowest BCUT2D eigenvalue weighted by Gasteiger charge is -2.24. The third-order valence-corrected chi connectivity index (χ3v) is 3.36. The highest BCUT2D eigenvalue weighted by Gasteiger charge is 2.28. The SMILES string of the molecule is CCOC(=O)C(C)(C)NCc1ccc(OC)c(Br)c1. The molecule has 0 amide bonds. The molecule has 1 N–H and O–H groups in total. The predicted octanol–water partition coefficient (Wildman–Crippen LogP) is 2.89. The third-order valence-electron chi connectivity index (χ3n) is 2.74. The summed E-state index contributed by atoms with van der Waals surface area (Å²) in [6.45, 7) is 6.38. The number of ether oxygens (including phenoxy) is 2. The molecule has 0 unspecified atom stereocenters. The number of nitrogens with one attached hydrogen (secondary N) is 1. The van der Waals surface area contributed by atoms with Gasteiger partial charge in [0.25, 0.3) is 0 Å². The van der Waals surface area contributed by atoms with Crippen molar-refractivity contribution >= 4 is 21.9 Å². The van der Waals surface area contributed by atoms with Crippen LogP contribution in [0.25, 0.3) is 0 Å². The second kappa shape index (κ2) is 6.91. The van der Waals surface area contributed by atoms with Crippen molar-refractivity contribution in [3.05, 3.63) is 28.2 Å². The molecule has 1 aromatic carbocycles. The van der Waals surface area contributed by atoms with Crippen LogP contribution < -0.4 is 10.1 Å². The highest BCUT2D eigenvalue weighted by atomic mass is 79.9. The van der Waals surface area contributed by atoms with Crippen molar-refractivity contribution in [2.45, 2.75) is 32.9 Å². The molecule has 5 heteroatoms. The Balaban J connectivity index is 2.66. The number of rotatable bonds is 6. The van der Waals surface area contributed by atoms with Gasteiger partial charge in [-0.05, 0) is 54.4 Å². The van der Waals surface area contributed by atoms with Gasteiger partial charge >= 0.3 is 5.97 Å². The summed E-state index contributed by atoms with van der Waals surface area (Å²) in [6.07, 6.45) is 0. The van der Waals surface area contributed by atoms with Crippen molar-refractivity contribution in [1.82, 2.24) is 5.32 Å². The largest absolute Gasteiger partial charge is 0.496 e. The molecule has 0 aliphatic heterocycles. The number of halogens is 1. The summed E-state index contributed by atoms with van der Waals surface area (Å²) in [7, 11) is 1.63. The molecule has 0 heterocycles. The molecule has 0 aromatic heterocycles. The second-order valence-corrected chi connectivity index (χ2v) is 5.52. The predicted molar refractivity (Wildman–Crippen MR) is 78.2 cm³/mol. The van der Waals surface area contributed by atoms with Crippen LogP contribution in [-0.2, 0) is 16.1 Å². The first kappa shape index (κ1) is 16.0. The molecule has 1 rings (SSSR count). The normalized spacial score (nSPS) is 11.2. The van der Waals surface area contributed by atoms with Crippen molar-refractivity contribution in [2.24, 2.45) is 0 Å². The summed E-state index contributed by atoms with van der Waals surface area (Å²) in [5.74, 6) is 0.538.